The molecule has 4 rings (SSSR count). The number of amides is 1. The number of fused-ring (bicyclic) bond motifs is 1. The molecule has 0 spiro atoms. The lowest BCUT2D eigenvalue weighted by Crippen LogP contribution is -2.35. The summed E-state index contributed by atoms with van der Waals surface area (Å²) in [5.41, 5.74) is 3.15. The molecule has 1 aliphatic rings. The number of carbonyl (C=O) groups is 1. The Bertz CT molecular complexity index is 1050. The molecule has 2 heterocycles. The van der Waals surface area contributed by atoms with Gasteiger partial charge in [0.05, 0.1) is 5.25 Å². The van der Waals surface area contributed by atoms with Crippen LogP contribution < -0.4 is 4.90 Å². The Kier molecular flexibility index (Phi) is 5.74. The number of carbonyl (C=O) groups excluding carboxylic acids is 1. The zero-order valence-corrected chi connectivity index (χ0v) is 17.7. The second-order valence-corrected chi connectivity index (χ2v) is 8.59. The predicted molar refractivity (Wildman–Crippen MR) is 118 cm³/mol. The van der Waals surface area contributed by atoms with Gasteiger partial charge in [-0.2, -0.15) is 0 Å². The van der Waals surface area contributed by atoms with E-state index >= 15 is 0 Å². The van der Waals surface area contributed by atoms with Crippen LogP contribution in [0.3, 0.4) is 0 Å². The van der Waals surface area contributed by atoms with Gasteiger partial charge >= 0.3 is 0 Å². The van der Waals surface area contributed by atoms with Crippen LogP contribution in [0.1, 0.15) is 12.5 Å². The van der Waals surface area contributed by atoms with Gasteiger partial charge in [0.25, 0.3) is 0 Å². The molecule has 0 aliphatic carbocycles. The number of nitrogens with zero attached hydrogens (tertiary/aromatic N) is 4. The third-order valence-corrected chi connectivity index (χ3v) is 6.23. The first-order valence-corrected chi connectivity index (χ1v) is 10.7. The number of allylic oxidation sites excluding steroid dienone is 1. The Morgan fingerprint density at radius 1 is 1.24 bits per heavy atom. The summed E-state index contributed by atoms with van der Waals surface area (Å²) in [4.78, 5) is 15.0. The van der Waals surface area contributed by atoms with Crippen molar-refractivity contribution >= 4 is 35.0 Å². The van der Waals surface area contributed by atoms with Gasteiger partial charge in [0.2, 0.25) is 5.91 Å². The number of rotatable bonds is 6. The Morgan fingerprint density at radius 3 is 2.76 bits per heavy atom. The minimum absolute atomic E-state index is 0.0844. The molecule has 0 bridgehead atoms. The molecule has 1 aromatic heterocycles. The van der Waals surface area contributed by atoms with Crippen LogP contribution in [0.25, 0.3) is 11.4 Å². The van der Waals surface area contributed by atoms with Gasteiger partial charge in [0, 0.05) is 29.4 Å². The predicted octanol–water partition coefficient (Wildman–Crippen LogP) is 4.85. The molecular weight excluding hydrogens is 404 g/mol. The number of hydrogen-bond acceptors (Lipinski definition) is 4. The van der Waals surface area contributed by atoms with Crippen molar-refractivity contribution in [3.63, 3.8) is 0 Å². The molecule has 1 aliphatic heterocycles. The highest BCUT2D eigenvalue weighted by atomic mass is 35.5. The van der Waals surface area contributed by atoms with Gasteiger partial charge in [-0.05, 0) is 49.2 Å². The van der Waals surface area contributed by atoms with Crippen molar-refractivity contribution in [1.29, 1.82) is 0 Å². The molecule has 3 aromatic rings. The zero-order chi connectivity index (χ0) is 20.4. The molecule has 5 nitrogen and oxygen atoms in total. The summed E-state index contributed by atoms with van der Waals surface area (Å²) < 4.78 is 1.97. The lowest BCUT2D eigenvalue weighted by Gasteiger charge is -2.21. The molecular formula is C22H21ClN4OS. The highest BCUT2D eigenvalue weighted by Crippen LogP contribution is 2.32. The summed E-state index contributed by atoms with van der Waals surface area (Å²) >= 11 is 7.42. The van der Waals surface area contributed by atoms with E-state index in [-0.39, 0.29) is 11.2 Å². The minimum atomic E-state index is -0.285. The first-order valence-electron chi connectivity index (χ1n) is 9.44. The fraction of sp³-hybridized carbons (Fsp3) is 0.227. The molecule has 29 heavy (non-hydrogen) atoms. The normalized spacial score (nSPS) is 13.9. The van der Waals surface area contributed by atoms with Gasteiger partial charge in [-0.15, -0.1) is 16.8 Å². The zero-order valence-electron chi connectivity index (χ0n) is 16.1. The quantitative estimate of drug-likeness (QED) is 0.419. The first kappa shape index (κ1) is 19.7. The van der Waals surface area contributed by atoms with Gasteiger partial charge in [0.1, 0.15) is 0 Å². The Labute approximate surface area is 179 Å². The lowest BCUT2D eigenvalue weighted by molar-refractivity contribution is -0.117. The number of hydrogen-bond donors (Lipinski definition) is 0. The Balaban J connectivity index is 1.57. The van der Waals surface area contributed by atoms with E-state index in [1.165, 1.54) is 17.3 Å². The van der Waals surface area contributed by atoms with E-state index in [4.69, 9.17) is 11.6 Å². The van der Waals surface area contributed by atoms with Crippen molar-refractivity contribution < 1.29 is 4.79 Å². The average Bonchev–Trinajstić information content (AvgIpc) is 3.33. The Morgan fingerprint density at radius 2 is 2.00 bits per heavy atom. The molecule has 1 atom stereocenters. The van der Waals surface area contributed by atoms with Crippen LogP contribution in [0.5, 0.6) is 0 Å². The molecule has 0 radical (unpaired) electrons. The number of aromatic nitrogens is 3. The van der Waals surface area contributed by atoms with Gasteiger partial charge < -0.3 is 4.90 Å². The van der Waals surface area contributed by atoms with Crippen molar-refractivity contribution in [2.24, 2.45) is 0 Å². The number of halogens is 1. The Hall–Kier alpha value is -2.57. The standard InChI is InChI=1S/C22H21ClN4OS/c1-3-13-27-20(17-8-10-18(23)11-9-17)24-25-22(27)29-15(2)21(28)26-14-12-16-6-4-5-7-19(16)26/h3-11,15H,1,12-14H2,2H3. The number of para-hydroxylation sites is 1. The topological polar surface area (TPSA) is 51.0 Å². The summed E-state index contributed by atoms with van der Waals surface area (Å²) in [6, 6.07) is 15.6. The third-order valence-electron chi connectivity index (χ3n) is 4.91. The van der Waals surface area contributed by atoms with E-state index < -0.39 is 0 Å². The number of thioether (sulfide) groups is 1. The molecule has 0 N–H and O–H groups in total. The van der Waals surface area contributed by atoms with E-state index in [2.05, 4.69) is 22.8 Å². The van der Waals surface area contributed by atoms with E-state index in [1.807, 2.05) is 58.9 Å². The first-order chi connectivity index (χ1) is 14.1. The highest BCUT2D eigenvalue weighted by Gasteiger charge is 2.29. The maximum absolute atomic E-state index is 13.1. The maximum atomic E-state index is 13.1. The van der Waals surface area contributed by atoms with E-state index in [0.717, 1.165) is 30.0 Å². The van der Waals surface area contributed by atoms with Crippen LogP contribution >= 0.6 is 23.4 Å². The summed E-state index contributed by atoms with van der Waals surface area (Å²) in [5, 5.41) is 9.79. The summed E-state index contributed by atoms with van der Waals surface area (Å²) in [6.45, 7) is 7.04. The van der Waals surface area contributed by atoms with Gasteiger partial charge in [-0.25, -0.2) is 0 Å². The third kappa shape index (κ3) is 3.95. The van der Waals surface area contributed by atoms with Crippen LogP contribution in [0.4, 0.5) is 5.69 Å². The summed E-state index contributed by atoms with van der Waals surface area (Å²) in [5.74, 6) is 0.816. The van der Waals surface area contributed by atoms with E-state index in [0.29, 0.717) is 16.7 Å². The maximum Gasteiger partial charge on any atom is 0.240 e. The molecule has 0 saturated heterocycles. The van der Waals surface area contributed by atoms with Crippen molar-refractivity contribution in [2.45, 2.75) is 30.3 Å². The van der Waals surface area contributed by atoms with Crippen molar-refractivity contribution in [2.75, 3.05) is 11.4 Å². The number of anilines is 1. The molecule has 0 fully saturated rings. The highest BCUT2D eigenvalue weighted by molar-refractivity contribution is 8.00. The van der Waals surface area contributed by atoms with Crippen molar-refractivity contribution in [1.82, 2.24) is 14.8 Å². The second-order valence-electron chi connectivity index (χ2n) is 6.84. The van der Waals surface area contributed by atoms with Crippen LogP contribution in [0, 0.1) is 0 Å². The summed E-state index contributed by atoms with van der Waals surface area (Å²) in [6.07, 6.45) is 2.70. The fourth-order valence-electron chi connectivity index (χ4n) is 3.48. The molecule has 148 valence electrons. The average molecular weight is 425 g/mol. The van der Waals surface area contributed by atoms with Gasteiger partial charge in [-0.3, -0.25) is 9.36 Å². The van der Waals surface area contributed by atoms with E-state index in [9.17, 15) is 4.79 Å². The van der Waals surface area contributed by atoms with Gasteiger partial charge in [-0.1, -0.05) is 47.6 Å². The smallest absolute Gasteiger partial charge is 0.240 e. The second kappa shape index (κ2) is 8.43. The SMILES string of the molecule is C=CCn1c(SC(C)C(=O)N2CCc3ccccc32)nnc1-c1ccc(Cl)cc1. The monoisotopic (exact) mass is 424 g/mol. The largest absolute Gasteiger partial charge is 0.311 e. The molecule has 1 amide bonds. The fourth-order valence-corrected chi connectivity index (χ4v) is 4.52. The van der Waals surface area contributed by atoms with Gasteiger partial charge in [0.15, 0.2) is 11.0 Å². The molecule has 0 saturated carbocycles. The number of benzene rings is 2. The van der Waals surface area contributed by atoms with Crippen LogP contribution in [-0.4, -0.2) is 32.5 Å². The van der Waals surface area contributed by atoms with Crippen LogP contribution in [0.15, 0.2) is 66.3 Å². The van der Waals surface area contributed by atoms with Crippen molar-refractivity contribution in [3.8, 4) is 11.4 Å². The lowest BCUT2D eigenvalue weighted by atomic mass is 10.2. The van der Waals surface area contributed by atoms with Crippen LogP contribution in [0.2, 0.25) is 5.02 Å². The van der Waals surface area contributed by atoms with E-state index in [1.54, 1.807) is 6.08 Å². The minimum Gasteiger partial charge on any atom is -0.311 e. The van der Waals surface area contributed by atoms with Crippen molar-refractivity contribution in [3.05, 3.63) is 71.8 Å². The molecule has 7 heteroatoms. The molecule has 2 aromatic carbocycles. The summed E-state index contributed by atoms with van der Waals surface area (Å²) in [7, 11) is 0. The molecule has 1 unspecified atom stereocenters. The van der Waals surface area contributed by atoms with Crippen LogP contribution in [-0.2, 0) is 17.8 Å².